The Labute approximate surface area is 127 Å². The van der Waals surface area contributed by atoms with E-state index in [9.17, 15) is 9.59 Å². The molecular formula is C17H16N2O3. The van der Waals surface area contributed by atoms with Gasteiger partial charge in [-0.1, -0.05) is 0 Å². The minimum absolute atomic E-state index is 0.209. The average molecular weight is 296 g/mol. The van der Waals surface area contributed by atoms with Crippen LogP contribution in [0.1, 0.15) is 34.5 Å². The maximum absolute atomic E-state index is 12.1. The van der Waals surface area contributed by atoms with Gasteiger partial charge in [0, 0.05) is 18.7 Å². The molecule has 1 aromatic heterocycles. The van der Waals surface area contributed by atoms with E-state index in [1.807, 2.05) is 17.0 Å². The topological polar surface area (TPSA) is 62.6 Å². The lowest BCUT2D eigenvalue weighted by atomic mass is 9.91. The van der Waals surface area contributed by atoms with Gasteiger partial charge in [-0.05, 0) is 54.7 Å². The Morgan fingerprint density at radius 3 is 2.77 bits per heavy atom. The van der Waals surface area contributed by atoms with Crippen molar-refractivity contribution in [1.82, 2.24) is 0 Å². The molecule has 0 saturated carbocycles. The Kier molecular flexibility index (Phi) is 2.99. The van der Waals surface area contributed by atoms with Crippen molar-refractivity contribution in [3.8, 4) is 0 Å². The van der Waals surface area contributed by atoms with E-state index in [1.54, 1.807) is 12.1 Å². The van der Waals surface area contributed by atoms with Crippen molar-refractivity contribution in [1.29, 1.82) is 0 Å². The molecule has 0 fully saturated rings. The molecule has 5 nitrogen and oxygen atoms in total. The zero-order chi connectivity index (χ0) is 15.1. The molecule has 2 amide bonds. The SMILES string of the molecule is O=C(Nc1cc2c3c(c1)CCC(=O)N3CCC2)c1ccco1. The van der Waals surface area contributed by atoms with E-state index >= 15 is 0 Å². The largest absolute Gasteiger partial charge is 0.459 e. The van der Waals surface area contributed by atoms with Crippen LogP contribution in [0.4, 0.5) is 11.4 Å². The number of aryl methyl sites for hydroxylation is 2. The van der Waals surface area contributed by atoms with Crippen LogP contribution in [0.3, 0.4) is 0 Å². The highest BCUT2D eigenvalue weighted by Crippen LogP contribution is 2.37. The maximum Gasteiger partial charge on any atom is 0.291 e. The van der Waals surface area contributed by atoms with Gasteiger partial charge >= 0.3 is 0 Å². The molecule has 2 aliphatic heterocycles. The van der Waals surface area contributed by atoms with Crippen LogP contribution < -0.4 is 10.2 Å². The molecule has 2 aromatic rings. The van der Waals surface area contributed by atoms with Crippen LogP contribution in [0.5, 0.6) is 0 Å². The molecule has 1 N–H and O–H groups in total. The van der Waals surface area contributed by atoms with Gasteiger partial charge in [0.05, 0.1) is 12.0 Å². The lowest BCUT2D eigenvalue weighted by Crippen LogP contribution is -2.39. The monoisotopic (exact) mass is 296 g/mol. The number of benzene rings is 1. The van der Waals surface area contributed by atoms with Gasteiger partial charge in [-0.3, -0.25) is 9.59 Å². The number of amides is 2. The Balaban J connectivity index is 1.69. The highest BCUT2D eigenvalue weighted by atomic mass is 16.3. The Morgan fingerprint density at radius 1 is 1.18 bits per heavy atom. The lowest BCUT2D eigenvalue weighted by Gasteiger charge is -2.35. The molecule has 0 spiro atoms. The first-order valence-corrected chi connectivity index (χ1v) is 7.53. The van der Waals surface area contributed by atoms with Crippen LogP contribution in [0, 0.1) is 0 Å². The molecule has 0 unspecified atom stereocenters. The molecule has 5 heteroatoms. The van der Waals surface area contributed by atoms with Crippen molar-refractivity contribution in [2.24, 2.45) is 0 Å². The van der Waals surface area contributed by atoms with Crippen molar-refractivity contribution in [2.75, 3.05) is 16.8 Å². The van der Waals surface area contributed by atoms with Gasteiger partial charge < -0.3 is 14.6 Å². The highest BCUT2D eigenvalue weighted by molar-refractivity contribution is 6.03. The normalized spacial score (nSPS) is 16.4. The molecule has 1 aromatic carbocycles. The van der Waals surface area contributed by atoms with Crippen molar-refractivity contribution < 1.29 is 14.0 Å². The quantitative estimate of drug-likeness (QED) is 0.927. The van der Waals surface area contributed by atoms with Crippen LogP contribution in [0.15, 0.2) is 34.9 Å². The standard InChI is InChI=1S/C17H16N2O3/c20-15-6-5-12-10-13(18-17(21)14-4-2-8-22-14)9-11-3-1-7-19(15)16(11)12/h2,4,8-10H,1,3,5-7H2,(H,18,21). The number of nitrogens with one attached hydrogen (secondary N) is 1. The number of hydrogen-bond donors (Lipinski definition) is 1. The third-order valence-electron chi connectivity index (χ3n) is 4.28. The summed E-state index contributed by atoms with van der Waals surface area (Å²) in [6.45, 7) is 0.803. The van der Waals surface area contributed by atoms with Gasteiger partial charge in [-0.2, -0.15) is 0 Å². The van der Waals surface area contributed by atoms with E-state index in [2.05, 4.69) is 5.32 Å². The van der Waals surface area contributed by atoms with Crippen LogP contribution in [-0.4, -0.2) is 18.4 Å². The lowest BCUT2D eigenvalue weighted by molar-refractivity contribution is -0.119. The molecule has 0 radical (unpaired) electrons. The predicted molar refractivity (Wildman–Crippen MR) is 82.1 cm³/mol. The number of anilines is 2. The fraction of sp³-hybridized carbons (Fsp3) is 0.294. The van der Waals surface area contributed by atoms with Crippen molar-refractivity contribution >= 4 is 23.2 Å². The fourth-order valence-electron chi connectivity index (χ4n) is 3.33. The summed E-state index contributed by atoms with van der Waals surface area (Å²) in [4.78, 5) is 26.0. The van der Waals surface area contributed by atoms with E-state index in [4.69, 9.17) is 4.42 Å². The highest BCUT2D eigenvalue weighted by Gasteiger charge is 2.29. The maximum atomic E-state index is 12.1. The number of furan rings is 1. The van der Waals surface area contributed by atoms with Gasteiger partial charge in [0.2, 0.25) is 5.91 Å². The van der Waals surface area contributed by atoms with E-state index in [1.165, 1.54) is 6.26 Å². The first-order chi connectivity index (χ1) is 10.7. The van der Waals surface area contributed by atoms with Gasteiger partial charge in [0.25, 0.3) is 5.91 Å². The van der Waals surface area contributed by atoms with E-state index in [-0.39, 0.29) is 11.8 Å². The van der Waals surface area contributed by atoms with Crippen molar-refractivity contribution in [3.63, 3.8) is 0 Å². The van der Waals surface area contributed by atoms with Crippen LogP contribution in [0.2, 0.25) is 0 Å². The molecule has 0 bridgehead atoms. The first-order valence-electron chi connectivity index (χ1n) is 7.53. The third kappa shape index (κ3) is 2.09. The number of nitrogens with zero attached hydrogens (tertiary/aromatic N) is 1. The smallest absolute Gasteiger partial charge is 0.291 e. The van der Waals surface area contributed by atoms with Crippen LogP contribution >= 0.6 is 0 Å². The number of carbonyl (C=O) groups is 2. The van der Waals surface area contributed by atoms with Gasteiger partial charge in [-0.25, -0.2) is 0 Å². The molecule has 3 heterocycles. The first kappa shape index (κ1) is 13.1. The zero-order valence-corrected chi connectivity index (χ0v) is 12.1. The zero-order valence-electron chi connectivity index (χ0n) is 12.1. The van der Waals surface area contributed by atoms with Gasteiger partial charge in [0.1, 0.15) is 0 Å². The minimum Gasteiger partial charge on any atom is -0.459 e. The summed E-state index contributed by atoms with van der Waals surface area (Å²) in [5, 5.41) is 2.88. The van der Waals surface area contributed by atoms with Crippen LogP contribution in [0.25, 0.3) is 0 Å². The van der Waals surface area contributed by atoms with E-state index < -0.39 is 0 Å². The summed E-state index contributed by atoms with van der Waals surface area (Å²) >= 11 is 0. The molecule has 4 rings (SSSR count). The fourth-order valence-corrected chi connectivity index (χ4v) is 3.33. The van der Waals surface area contributed by atoms with Crippen LogP contribution in [-0.2, 0) is 17.6 Å². The summed E-state index contributed by atoms with van der Waals surface area (Å²) < 4.78 is 5.11. The summed E-state index contributed by atoms with van der Waals surface area (Å²) in [6.07, 6.45) is 4.67. The summed E-state index contributed by atoms with van der Waals surface area (Å²) in [7, 11) is 0. The Hall–Kier alpha value is -2.56. The van der Waals surface area contributed by atoms with Crippen molar-refractivity contribution in [3.05, 3.63) is 47.4 Å². The minimum atomic E-state index is -0.253. The second-order valence-electron chi connectivity index (χ2n) is 5.72. The van der Waals surface area contributed by atoms with Gasteiger partial charge in [-0.15, -0.1) is 0 Å². The number of rotatable bonds is 2. The summed E-state index contributed by atoms with van der Waals surface area (Å²) in [5.41, 5.74) is 4.13. The summed E-state index contributed by atoms with van der Waals surface area (Å²) in [5.74, 6) is 0.251. The Morgan fingerprint density at radius 2 is 2.00 bits per heavy atom. The molecule has 0 atom stereocenters. The third-order valence-corrected chi connectivity index (χ3v) is 4.28. The molecule has 0 saturated heterocycles. The molecule has 112 valence electrons. The molecule has 22 heavy (non-hydrogen) atoms. The Bertz CT molecular complexity index is 732. The second-order valence-corrected chi connectivity index (χ2v) is 5.72. The summed E-state index contributed by atoms with van der Waals surface area (Å²) in [6, 6.07) is 7.28. The molecule has 2 aliphatic rings. The molecular weight excluding hydrogens is 280 g/mol. The second kappa shape index (κ2) is 5.02. The van der Waals surface area contributed by atoms with E-state index in [0.717, 1.165) is 48.3 Å². The van der Waals surface area contributed by atoms with Crippen molar-refractivity contribution in [2.45, 2.75) is 25.7 Å². The number of carbonyl (C=O) groups excluding carboxylic acids is 2. The van der Waals surface area contributed by atoms with E-state index in [0.29, 0.717) is 12.2 Å². The molecule has 0 aliphatic carbocycles. The predicted octanol–water partition coefficient (Wildman–Crippen LogP) is 2.76. The average Bonchev–Trinajstić information content (AvgIpc) is 3.05. The number of hydrogen-bond acceptors (Lipinski definition) is 3. The van der Waals surface area contributed by atoms with Gasteiger partial charge in [0.15, 0.2) is 5.76 Å².